The van der Waals surface area contributed by atoms with E-state index in [1.165, 1.54) is 5.56 Å². The summed E-state index contributed by atoms with van der Waals surface area (Å²) in [7, 11) is 0. The van der Waals surface area contributed by atoms with E-state index in [4.69, 9.17) is 0 Å². The summed E-state index contributed by atoms with van der Waals surface area (Å²) in [6, 6.07) is 10.8. The molecule has 5 heteroatoms. The average molecular weight is 340 g/mol. The van der Waals surface area contributed by atoms with Crippen LogP contribution in [0.15, 0.2) is 47.5 Å². The molecule has 0 saturated carbocycles. The fourth-order valence-electron chi connectivity index (χ4n) is 3.48. The van der Waals surface area contributed by atoms with Gasteiger partial charge in [0.25, 0.3) is 5.56 Å². The van der Waals surface area contributed by atoms with Crippen LogP contribution in [-0.4, -0.2) is 33.6 Å². The Balaban J connectivity index is 1.66. The van der Waals surface area contributed by atoms with Gasteiger partial charge in [-0.2, -0.15) is 0 Å². The van der Waals surface area contributed by atoms with E-state index in [0.29, 0.717) is 17.7 Å². The average Bonchev–Trinajstić information content (AvgIpc) is 2.91. The molecule has 1 aliphatic rings. The minimum Gasteiger partial charge on any atom is -0.361 e. The molecule has 2 atom stereocenters. The molecule has 5 nitrogen and oxygen atoms in total. The van der Waals surface area contributed by atoms with Crippen LogP contribution in [0.25, 0.3) is 0 Å². The number of nitrogens with zero attached hydrogens (tertiary/aromatic N) is 3. The van der Waals surface area contributed by atoms with Gasteiger partial charge in [0.05, 0.1) is 0 Å². The Morgan fingerprint density at radius 3 is 2.72 bits per heavy atom. The highest BCUT2D eigenvalue weighted by Gasteiger charge is 2.30. The van der Waals surface area contributed by atoms with Gasteiger partial charge >= 0.3 is 0 Å². The summed E-state index contributed by atoms with van der Waals surface area (Å²) >= 11 is 0. The maximum absolute atomic E-state index is 12.6. The predicted octanol–water partition coefficient (Wildman–Crippen LogP) is 2.83. The van der Waals surface area contributed by atoms with E-state index in [2.05, 4.69) is 60.2 Å². The van der Waals surface area contributed by atoms with Gasteiger partial charge < -0.3 is 9.88 Å². The van der Waals surface area contributed by atoms with Crippen molar-refractivity contribution in [2.75, 3.05) is 18.4 Å². The van der Waals surface area contributed by atoms with E-state index in [9.17, 15) is 4.79 Å². The van der Waals surface area contributed by atoms with Crippen LogP contribution in [0.4, 0.5) is 5.82 Å². The van der Waals surface area contributed by atoms with Gasteiger partial charge in [-0.1, -0.05) is 51.1 Å². The van der Waals surface area contributed by atoms with Crippen LogP contribution in [0, 0.1) is 11.8 Å². The molecule has 1 N–H and O–H groups in total. The molecule has 0 aliphatic carbocycles. The summed E-state index contributed by atoms with van der Waals surface area (Å²) < 4.78 is 1.75. The molecule has 0 amide bonds. The second kappa shape index (κ2) is 7.83. The highest BCUT2D eigenvalue weighted by molar-refractivity contribution is 5.33. The molecule has 2 aromatic rings. The third kappa shape index (κ3) is 4.48. The topological polar surface area (TPSA) is 50.2 Å². The van der Waals surface area contributed by atoms with Crippen molar-refractivity contribution in [3.63, 3.8) is 0 Å². The van der Waals surface area contributed by atoms with E-state index in [-0.39, 0.29) is 11.6 Å². The Kier molecular flexibility index (Phi) is 5.53. The quantitative estimate of drug-likeness (QED) is 0.878. The van der Waals surface area contributed by atoms with Crippen LogP contribution in [0.1, 0.15) is 26.3 Å². The van der Waals surface area contributed by atoms with Crippen LogP contribution in [0.2, 0.25) is 0 Å². The summed E-state index contributed by atoms with van der Waals surface area (Å²) in [4.78, 5) is 19.3. The van der Waals surface area contributed by atoms with Gasteiger partial charge in [-0.25, -0.2) is 4.98 Å². The summed E-state index contributed by atoms with van der Waals surface area (Å²) in [6.07, 6.45) is 3.49. The van der Waals surface area contributed by atoms with Gasteiger partial charge in [-0.3, -0.25) is 9.69 Å². The second-order valence-electron chi connectivity index (χ2n) is 7.54. The maximum atomic E-state index is 12.6. The third-order valence-corrected chi connectivity index (χ3v) is 4.73. The first-order valence-corrected chi connectivity index (χ1v) is 9.11. The molecular formula is C20H28N4O. The van der Waals surface area contributed by atoms with Crippen molar-refractivity contribution in [3.05, 3.63) is 58.6 Å². The summed E-state index contributed by atoms with van der Waals surface area (Å²) in [5.74, 6) is 1.38. The lowest BCUT2D eigenvalue weighted by Gasteiger charge is -2.18. The molecule has 1 saturated heterocycles. The van der Waals surface area contributed by atoms with Gasteiger partial charge in [0, 0.05) is 44.6 Å². The Morgan fingerprint density at radius 1 is 1.24 bits per heavy atom. The Hall–Kier alpha value is -2.14. The molecule has 2 unspecified atom stereocenters. The van der Waals surface area contributed by atoms with Crippen molar-refractivity contribution in [1.29, 1.82) is 0 Å². The van der Waals surface area contributed by atoms with Gasteiger partial charge in [-0.15, -0.1) is 0 Å². The van der Waals surface area contributed by atoms with Gasteiger partial charge in [0.15, 0.2) is 5.82 Å². The normalized spacial score (nSPS) is 21.0. The zero-order valence-electron chi connectivity index (χ0n) is 15.4. The first-order chi connectivity index (χ1) is 12.0. The van der Waals surface area contributed by atoms with E-state index in [1.54, 1.807) is 17.0 Å². The zero-order valence-corrected chi connectivity index (χ0v) is 15.4. The lowest BCUT2D eigenvalue weighted by Crippen LogP contribution is -2.33. The molecule has 1 aromatic heterocycles. The third-order valence-electron chi connectivity index (χ3n) is 4.73. The number of rotatable bonds is 6. The van der Waals surface area contributed by atoms with E-state index in [0.717, 1.165) is 26.2 Å². The monoisotopic (exact) mass is 340 g/mol. The van der Waals surface area contributed by atoms with Crippen LogP contribution in [0.5, 0.6) is 0 Å². The lowest BCUT2D eigenvalue weighted by atomic mass is 10.1. The number of likely N-dealkylation sites (tertiary alicyclic amines) is 1. The van der Waals surface area contributed by atoms with Gasteiger partial charge in [0.1, 0.15) is 0 Å². The molecule has 1 aromatic carbocycles. The van der Waals surface area contributed by atoms with Crippen LogP contribution < -0.4 is 10.9 Å². The number of anilines is 1. The highest BCUT2D eigenvalue weighted by Crippen LogP contribution is 2.21. The van der Waals surface area contributed by atoms with E-state index in [1.807, 2.05) is 6.07 Å². The summed E-state index contributed by atoms with van der Waals surface area (Å²) in [5.41, 5.74) is 1.30. The van der Waals surface area contributed by atoms with E-state index >= 15 is 0 Å². The summed E-state index contributed by atoms with van der Waals surface area (Å²) in [6.45, 7) is 10.1. The van der Waals surface area contributed by atoms with Crippen molar-refractivity contribution in [1.82, 2.24) is 14.5 Å². The number of benzene rings is 1. The summed E-state index contributed by atoms with van der Waals surface area (Å²) in [5, 5.41) is 3.40. The molecule has 0 bridgehead atoms. The Bertz CT molecular complexity index is 741. The lowest BCUT2D eigenvalue weighted by molar-refractivity contribution is 0.319. The van der Waals surface area contributed by atoms with Gasteiger partial charge in [0.2, 0.25) is 0 Å². The molecule has 1 fully saturated rings. The molecule has 0 spiro atoms. The standard InChI is InChI=1S/C20H28N4O/c1-15(2)11-24-10-9-21-19(20(24)25)22-18-14-23(12-16(18)3)13-17-7-5-4-6-8-17/h4-10,15-16,18H,11-14H2,1-3H3,(H,21,22). The minimum absolute atomic E-state index is 0.0232. The van der Waals surface area contributed by atoms with Crippen molar-refractivity contribution >= 4 is 5.82 Å². The van der Waals surface area contributed by atoms with Gasteiger partial charge in [-0.05, 0) is 17.4 Å². The number of aromatic nitrogens is 2. The Labute approximate surface area is 149 Å². The van der Waals surface area contributed by atoms with Crippen molar-refractivity contribution in [2.45, 2.75) is 39.9 Å². The van der Waals surface area contributed by atoms with Crippen molar-refractivity contribution < 1.29 is 0 Å². The van der Waals surface area contributed by atoms with Crippen LogP contribution >= 0.6 is 0 Å². The van der Waals surface area contributed by atoms with E-state index < -0.39 is 0 Å². The van der Waals surface area contributed by atoms with Crippen molar-refractivity contribution in [3.8, 4) is 0 Å². The fourth-order valence-corrected chi connectivity index (χ4v) is 3.48. The minimum atomic E-state index is -0.0232. The predicted molar refractivity (Wildman–Crippen MR) is 102 cm³/mol. The first-order valence-electron chi connectivity index (χ1n) is 9.11. The van der Waals surface area contributed by atoms with Crippen LogP contribution in [0.3, 0.4) is 0 Å². The smallest absolute Gasteiger partial charge is 0.293 e. The molecule has 2 heterocycles. The molecule has 25 heavy (non-hydrogen) atoms. The van der Waals surface area contributed by atoms with Crippen LogP contribution in [-0.2, 0) is 13.1 Å². The number of hydrogen-bond acceptors (Lipinski definition) is 4. The number of nitrogens with one attached hydrogen (secondary N) is 1. The van der Waals surface area contributed by atoms with Crippen molar-refractivity contribution in [2.24, 2.45) is 11.8 Å². The Morgan fingerprint density at radius 2 is 2.00 bits per heavy atom. The SMILES string of the molecule is CC(C)Cn1ccnc(NC2CN(Cc3ccccc3)CC2C)c1=O. The molecular weight excluding hydrogens is 312 g/mol. The fraction of sp³-hybridized carbons (Fsp3) is 0.500. The molecule has 3 rings (SSSR count). The highest BCUT2D eigenvalue weighted by atomic mass is 16.1. The molecule has 1 aliphatic heterocycles. The maximum Gasteiger partial charge on any atom is 0.293 e. The second-order valence-corrected chi connectivity index (χ2v) is 7.54. The zero-order chi connectivity index (χ0) is 17.8. The largest absolute Gasteiger partial charge is 0.361 e. The molecule has 0 radical (unpaired) electrons. The molecule has 134 valence electrons. The first kappa shape index (κ1) is 17.7. The number of hydrogen-bond donors (Lipinski definition) is 1.